The second kappa shape index (κ2) is 7.33. The van der Waals surface area contributed by atoms with E-state index in [0.29, 0.717) is 0 Å². The second-order valence-electron chi connectivity index (χ2n) is 4.50. The van der Waals surface area contributed by atoms with Crippen LogP contribution in [0.5, 0.6) is 11.5 Å². The number of nitrogens with one attached hydrogen (secondary N) is 1. The Bertz CT molecular complexity index is 634. The van der Waals surface area contributed by atoms with Crippen molar-refractivity contribution in [3.8, 4) is 11.5 Å². The van der Waals surface area contributed by atoms with E-state index in [-0.39, 0.29) is 6.04 Å². The maximum Gasteiger partial charge on any atom is 0.124 e. The third kappa shape index (κ3) is 3.62. The van der Waals surface area contributed by atoms with Gasteiger partial charge in [0, 0.05) is 9.13 Å². The molecule has 0 amide bonds. The van der Waals surface area contributed by atoms with Crippen LogP contribution in [-0.2, 0) is 0 Å². The van der Waals surface area contributed by atoms with E-state index in [0.717, 1.165) is 31.2 Å². The molecule has 112 valence electrons. The van der Waals surface area contributed by atoms with E-state index in [1.165, 1.54) is 0 Å². The molecule has 0 aliphatic heterocycles. The monoisotopic (exact) mass is 417 g/mol. The normalized spacial score (nSPS) is 12.0. The van der Waals surface area contributed by atoms with Crippen LogP contribution in [0.15, 0.2) is 36.4 Å². The summed E-state index contributed by atoms with van der Waals surface area (Å²) in [6.07, 6.45) is 0. The average Bonchev–Trinajstić information content (AvgIpc) is 2.51. The maximum absolute atomic E-state index is 6.24. The Labute approximate surface area is 143 Å². The molecule has 0 aliphatic rings. The van der Waals surface area contributed by atoms with Crippen molar-refractivity contribution in [2.24, 2.45) is 0 Å². The van der Waals surface area contributed by atoms with Crippen LogP contribution in [0.3, 0.4) is 0 Å². The number of benzene rings is 2. The molecule has 1 N–H and O–H groups in total. The highest BCUT2D eigenvalue weighted by molar-refractivity contribution is 14.1. The van der Waals surface area contributed by atoms with E-state index >= 15 is 0 Å². The number of rotatable bonds is 5. The summed E-state index contributed by atoms with van der Waals surface area (Å²) in [5, 5.41) is 4.06. The molecule has 2 aromatic carbocycles. The van der Waals surface area contributed by atoms with Gasteiger partial charge in [-0.2, -0.15) is 0 Å². The van der Waals surface area contributed by atoms with Gasteiger partial charge in [-0.3, -0.25) is 0 Å². The Morgan fingerprint density at radius 2 is 1.86 bits per heavy atom. The summed E-state index contributed by atoms with van der Waals surface area (Å²) >= 11 is 8.46. The molecule has 0 bridgehead atoms. The van der Waals surface area contributed by atoms with Crippen LogP contribution in [0.1, 0.15) is 17.2 Å². The third-order valence-corrected chi connectivity index (χ3v) is 4.89. The highest BCUT2D eigenvalue weighted by Gasteiger charge is 2.18. The van der Waals surface area contributed by atoms with Crippen LogP contribution < -0.4 is 14.8 Å². The molecule has 0 spiro atoms. The van der Waals surface area contributed by atoms with Crippen LogP contribution in [0.25, 0.3) is 0 Å². The minimum absolute atomic E-state index is 0.0236. The molecule has 0 radical (unpaired) electrons. The van der Waals surface area contributed by atoms with E-state index in [4.69, 9.17) is 21.1 Å². The van der Waals surface area contributed by atoms with Gasteiger partial charge in [0.2, 0.25) is 0 Å². The van der Waals surface area contributed by atoms with Crippen LogP contribution >= 0.6 is 34.2 Å². The first-order valence-electron chi connectivity index (χ1n) is 6.44. The fourth-order valence-corrected chi connectivity index (χ4v) is 2.78. The van der Waals surface area contributed by atoms with Gasteiger partial charge in [0.1, 0.15) is 11.5 Å². The van der Waals surface area contributed by atoms with E-state index in [1.807, 2.05) is 37.4 Å². The Hall–Kier alpha value is -0.980. The molecule has 2 aromatic rings. The quantitative estimate of drug-likeness (QED) is 0.737. The molecule has 3 nitrogen and oxygen atoms in total. The van der Waals surface area contributed by atoms with Gasteiger partial charge in [-0.05, 0) is 65.5 Å². The van der Waals surface area contributed by atoms with E-state index in [9.17, 15) is 0 Å². The lowest BCUT2D eigenvalue weighted by Gasteiger charge is -2.21. The molecule has 0 saturated heterocycles. The van der Waals surface area contributed by atoms with E-state index in [1.54, 1.807) is 14.2 Å². The standard InChI is InChI=1S/C16H17ClINO2/c1-19-16(10-4-6-14(18)13(17)8-10)12-9-11(20-2)5-7-15(12)21-3/h4-9,16,19H,1-3H3. The summed E-state index contributed by atoms with van der Waals surface area (Å²) in [5.41, 5.74) is 2.09. The largest absolute Gasteiger partial charge is 0.497 e. The van der Waals surface area contributed by atoms with Gasteiger partial charge in [0.25, 0.3) is 0 Å². The lowest BCUT2D eigenvalue weighted by molar-refractivity contribution is 0.395. The Kier molecular flexibility index (Phi) is 5.72. The van der Waals surface area contributed by atoms with Crippen molar-refractivity contribution in [2.45, 2.75) is 6.04 Å². The zero-order valence-corrected chi connectivity index (χ0v) is 15.0. The molecule has 1 unspecified atom stereocenters. The van der Waals surface area contributed by atoms with Crippen LogP contribution in [0.4, 0.5) is 0 Å². The molecular weight excluding hydrogens is 401 g/mol. The summed E-state index contributed by atoms with van der Waals surface area (Å²) < 4.78 is 11.8. The van der Waals surface area contributed by atoms with Crippen molar-refractivity contribution < 1.29 is 9.47 Å². The Balaban J connectivity index is 2.51. The average molecular weight is 418 g/mol. The number of halogens is 2. The summed E-state index contributed by atoms with van der Waals surface area (Å²) in [4.78, 5) is 0. The molecule has 5 heteroatoms. The smallest absolute Gasteiger partial charge is 0.124 e. The van der Waals surface area contributed by atoms with Gasteiger partial charge in [-0.1, -0.05) is 17.7 Å². The molecular formula is C16H17ClINO2. The van der Waals surface area contributed by atoms with Crippen molar-refractivity contribution >= 4 is 34.2 Å². The first kappa shape index (κ1) is 16.4. The van der Waals surface area contributed by atoms with E-state index in [2.05, 4.69) is 34.0 Å². The van der Waals surface area contributed by atoms with Crippen LogP contribution in [0.2, 0.25) is 5.02 Å². The highest BCUT2D eigenvalue weighted by atomic mass is 127. The number of ether oxygens (including phenoxy) is 2. The number of hydrogen-bond acceptors (Lipinski definition) is 3. The van der Waals surface area contributed by atoms with Gasteiger partial charge in [0.05, 0.1) is 25.3 Å². The zero-order chi connectivity index (χ0) is 15.4. The van der Waals surface area contributed by atoms with Gasteiger partial charge in [-0.25, -0.2) is 0 Å². The zero-order valence-electron chi connectivity index (χ0n) is 12.1. The highest BCUT2D eigenvalue weighted by Crippen LogP contribution is 2.34. The molecule has 0 aliphatic carbocycles. The molecule has 21 heavy (non-hydrogen) atoms. The first-order chi connectivity index (χ1) is 10.1. The summed E-state index contributed by atoms with van der Waals surface area (Å²) in [6, 6.07) is 11.8. The van der Waals surface area contributed by atoms with Gasteiger partial charge < -0.3 is 14.8 Å². The number of methoxy groups -OCH3 is 2. The first-order valence-corrected chi connectivity index (χ1v) is 7.90. The fourth-order valence-electron chi connectivity index (χ4n) is 2.26. The lowest BCUT2D eigenvalue weighted by Crippen LogP contribution is -2.18. The minimum atomic E-state index is -0.0236. The summed E-state index contributed by atoms with van der Waals surface area (Å²) in [7, 11) is 5.23. The lowest BCUT2D eigenvalue weighted by atomic mass is 9.97. The third-order valence-electron chi connectivity index (χ3n) is 3.31. The van der Waals surface area contributed by atoms with Gasteiger partial charge in [0.15, 0.2) is 0 Å². The van der Waals surface area contributed by atoms with Crippen molar-refractivity contribution in [3.63, 3.8) is 0 Å². The predicted octanol–water partition coefficient (Wildman–Crippen LogP) is 4.27. The topological polar surface area (TPSA) is 30.5 Å². The SMILES string of the molecule is CNC(c1ccc(I)c(Cl)c1)c1cc(OC)ccc1OC. The maximum atomic E-state index is 6.24. The molecule has 0 aromatic heterocycles. The minimum Gasteiger partial charge on any atom is -0.497 e. The molecule has 2 rings (SSSR count). The summed E-state index contributed by atoms with van der Waals surface area (Å²) in [6.45, 7) is 0. The number of hydrogen-bond donors (Lipinski definition) is 1. The fraction of sp³-hybridized carbons (Fsp3) is 0.250. The van der Waals surface area contributed by atoms with Crippen LogP contribution in [-0.4, -0.2) is 21.3 Å². The van der Waals surface area contributed by atoms with E-state index < -0.39 is 0 Å². The van der Waals surface area contributed by atoms with Crippen molar-refractivity contribution in [3.05, 3.63) is 56.1 Å². The molecule has 0 heterocycles. The molecule has 0 fully saturated rings. The Morgan fingerprint density at radius 1 is 1.10 bits per heavy atom. The molecule has 1 atom stereocenters. The van der Waals surface area contributed by atoms with Crippen molar-refractivity contribution in [1.29, 1.82) is 0 Å². The summed E-state index contributed by atoms with van der Waals surface area (Å²) in [5.74, 6) is 1.60. The van der Waals surface area contributed by atoms with Gasteiger partial charge >= 0.3 is 0 Å². The second-order valence-corrected chi connectivity index (χ2v) is 6.07. The van der Waals surface area contributed by atoms with Crippen molar-refractivity contribution in [2.75, 3.05) is 21.3 Å². The van der Waals surface area contributed by atoms with Crippen LogP contribution in [0, 0.1) is 3.57 Å². The Morgan fingerprint density at radius 3 is 2.43 bits per heavy atom. The predicted molar refractivity (Wildman–Crippen MR) is 94.6 cm³/mol. The van der Waals surface area contributed by atoms with Crippen molar-refractivity contribution in [1.82, 2.24) is 5.32 Å². The molecule has 0 saturated carbocycles. The van der Waals surface area contributed by atoms with Gasteiger partial charge in [-0.15, -0.1) is 0 Å².